The van der Waals surface area contributed by atoms with Crippen LogP contribution in [0.2, 0.25) is 5.02 Å². The minimum Gasteiger partial charge on any atom is -0.447 e. The third-order valence-electron chi connectivity index (χ3n) is 8.18. The highest BCUT2D eigenvalue weighted by atomic mass is 35.5. The third-order valence-corrected chi connectivity index (χ3v) is 8.51. The van der Waals surface area contributed by atoms with E-state index in [0.717, 1.165) is 16.0 Å². The molecule has 0 spiro atoms. The van der Waals surface area contributed by atoms with Crippen molar-refractivity contribution < 1.29 is 36.3 Å². The van der Waals surface area contributed by atoms with Gasteiger partial charge < -0.3 is 10.1 Å². The van der Waals surface area contributed by atoms with E-state index in [1.807, 2.05) is 0 Å². The highest BCUT2D eigenvalue weighted by Crippen LogP contribution is 2.42. The van der Waals surface area contributed by atoms with Gasteiger partial charge in [-0.15, -0.1) is 0 Å². The van der Waals surface area contributed by atoms with E-state index in [0.29, 0.717) is 26.9 Å². The van der Waals surface area contributed by atoms with Crippen molar-refractivity contribution in [2.24, 2.45) is 0 Å². The molecular weight excluding hydrogens is 677 g/mol. The lowest BCUT2D eigenvalue weighted by atomic mass is 9.80. The van der Waals surface area contributed by atoms with E-state index in [-0.39, 0.29) is 16.4 Å². The van der Waals surface area contributed by atoms with Gasteiger partial charge >= 0.3 is 12.6 Å². The number of benzene rings is 2. The Morgan fingerprint density at radius 2 is 1.86 bits per heavy atom. The molecule has 6 rings (SSSR count). The fourth-order valence-corrected chi connectivity index (χ4v) is 6.19. The first-order valence-electron chi connectivity index (χ1n) is 14.8. The topological polar surface area (TPSA) is 145 Å². The molecule has 3 N–H and O–H groups in total. The van der Waals surface area contributed by atoms with E-state index < -0.39 is 73.8 Å². The average molecular weight is 706 g/mol. The predicted octanol–water partition coefficient (Wildman–Crippen LogP) is 5.91. The molecule has 2 aliphatic rings. The van der Waals surface area contributed by atoms with Gasteiger partial charge in [0.1, 0.15) is 24.1 Å². The molecule has 2 aromatic carbocycles. The fraction of sp³-hybridized carbons (Fsp3) is 0.355. The largest absolute Gasteiger partial charge is 0.447 e. The van der Waals surface area contributed by atoms with Gasteiger partial charge in [-0.1, -0.05) is 41.9 Å². The second kappa shape index (κ2) is 12.4. The van der Waals surface area contributed by atoms with Gasteiger partial charge in [-0.3, -0.25) is 25.1 Å². The number of guanidine groups is 1. The van der Waals surface area contributed by atoms with Crippen molar-refractivity contribution in [2.75, 3.05) is 19.7 Å². The second-order valence-corrected chi connectivity index (χ2v) is 12.8. The van der Waals surface area contributed by atoms with Crippen molar-refractivity contribution in [2.45, 2.75) is 50.0 Å². The zero-order valence-corrected chi connectivity index (χ0v) is 26.7. The molecule has 2 aliphatic heterocycles. The molecule has 0 radical (unpaired) electrons. The second-order valence-electron chi connectivity index (χ2n) is 12.4. The van der Waals surface area contributed by atoms with Gasteiger partial charge in [0.15, 0.2) is 11.8 Å². The number of amides is 2. The molecule has 4 aromatic rings. The number of hydrogen-bond acceptors (Lipinski definition) is 7. The first-order chi connectivity index (χ1) is 23.1. The SMILES string of the molecule is CC(C)(F)C[C@]1(c2ccc(-c3cnn(C(F)F)c3)cc2)NC(=N)N([C@H](COC(=O)N2CC(F)(F)C2)c2ccc(Cl)c(-c3ncn[nH]3)c2)C1=O. The number of nitrogens with one attached hydrogen (secondary N) is 3. The van der Waals surface area contributed by atoms with E-state index in [9.17, 15) is 27.2 Å². The predicted molar refractivity (Wildman–Crippen MR) is 166 cm³/mol. The number of aromatic amines is 1. The zero-order valence-electron chi connectivity index (χ0n) is 25.9. The van der Waals surface area contributed by atoms with Gasteiger partial charge in [-0.25, -0.2) is 27.6 Å². The van der Waals surface area contributed by atoms with Crippen LogP contribution in [0, 0.1) is 5.41 Å². The Morgan fingerprint density at radius 3 is 2.45 bits per heavy atom. The highest BCUT2D eigenvalue weighted by Gasteiger charge is 2.56. The molecule has 2 atom stereocenters. The maximum atomic E-state index is 15.5. The number of halogens is 6. The summed E-state index contributed by atoms with van der Waals surface area (Å²) in [7, 11) is 0. The van der Waals surface area contributed by atoms with Crippen LogP contribution in [0.4, 0.5) is 26.7 Å². The van der Waals surface area contributed by atoms with Gasteiger partial charge in [0.2, 0.25) is 0 Å². The standard InChI is InChI=1S/C31H29ClF5N9O3/c1-29(2,35)13-31(20-6-3-17(4-7-20)19-10-41-45(11-19)26(33)34)25(47)46(27(38)42-31)23(12-49-28(48)44-14-30(36,37)15-44)18-5-8-22(32)21(9-18)24-39-16-40-43-24/h3-11,16,23,26H,12-15H2,1-2H3,(H2,38,42)(H,39,40,43)/t23-,31-/m1/s1. The number of ether oxygens (including phenoxy) is 1. The Hall–Kier alpha value is -5.06. The Kier molecular flexibility index (Phi) is 8.58. The number of alkyl halides is 5. The van der Waals surface area contributed by atoms with Crippen molar-refractivity contribution in [3.05, 3.63) is 77.3 Å². The van der Waals surface area contributed by atoms with Crippen LogP contribution in [0.15, 0.2) is 61.2 Å². The lowest BCUT2D eigenvalue weighted by Gasteiger charge is -2.38. The molecular formula is C31H29ClF5N9O3. The molecule has 2 fully saturated rings. The van der Waals surface area contributed by atoms with Crippen molar-refractivity contribution in [1.29, 1.82) is 5.41 Å². The molecule has 49 heavy (non-hydrogen) atoms. The Morgan fingerprint density at radius 1 is 1.14 bits per heavy atom. The average Bonchev–Trinajstić information content (AvgIpc) is 3.78. The highest BCUT2D eigenvalue weighted by molar-refractivity contribution is 6.33. The zero-order chi connectivity index (χ0) is 35.3. The lowest BCUT2D eigenvalue weighted by molar-refractivity contribution is -0.136. The number of carbonyl (C=O) groups excluding carboxylic acids is 2. The summed E-state index contributed by atoms with van der Waals surface area (Å²) < 4.78 is 74.6. The lowest BCUT2D eigenvalue weighted by Crippen LogP contribution is -2.58. The maximum Gasteiger partial charge on any atom is 0.410 e. The van der Waals surface area contributed by atoms with Gasteiger partial charge in [0, 0.05) is 23.7 Å². The summed E-state index contributed by atoms with van der Waals surface area (Å²) in [4.78, 5) is 33.3. The quantitative estimate of drug-likeness (QED) is 0.174. The van der Waals surface area contributed by atoms with Crippen LogP contribution in [-0.2, 0) is 15.1 Å². The van der Waals surface area contributed by atoms with Gasteiger partial charge in [0.05, 0.1) is 30.4 Å². The van der Waals surface area contributed by atoms with Crippen LogP contribution in [0.1, 0.15) is 44.0 Å². The summed E-state index contributed by atoms with van der Waals surface area (Å²) in [5, 5.41) is 22.2. The molecule has 2 saturated heterocycles. The molecule has 4 heterocycles. The fourth-order valence-electron chi connectivity index (χ4n) is 5.98. The summed E-state index contributed by atoms with van der Waals surface area (Å²) in [6.07, 6.45) is 2.17. The number of aromatic nitrogens is 5. The summed E-state index contributed by atoms with van der Waals surface area (Å²) in [6.45, 7) is -2.54. The van der Waals surface area contributed by atoms with E-state index in [4.69, 9.17) is 21.7 Å². The van der Waals surface area contributed by atoms with Crippen LogP contribution in [0.25, 0.3) is 22.5 Å². The number of H-pyrrole nitrogens is 1. The van der Waals surface area contributed by atoms with Crippen LogP contribution >= 0.6 is 11.6 Å². The first kappa shape index (κ1) is 33.8. The monoisotopic (exact) mass is 705 g/mol. The first-order valence-corrected chi connectivity index (χ1v) is 15.2. The number of nitrogens with zero attached hydrogens (tertiary/aromatic N) is 6. The van der Waals surface area contributed by atoms with Crippen molar-refractivity contribution in [3.63, 3.8) is 0 Å². The number of rotatable bonds is 10. The van der Waals surface area contributed by atoms with E-state index in [2.05, 4.69) is 25.6 Å². The van der Waals surface area contributed by atoms with E-state index >= 15 is 4.39 Å². The summed E-state index contributed by atoms with van der Waals surface area (Å²) >= 11 is 6.43. The van der Waals surface area contributed by atoms with Gasteiger partial charge in [-0.05, 0) is 42.7 Å². The maximum absolute atomic E-state index is 15.5. The number of likely N-dealkylation sites (tertiary alicyclic amines) is 1. The van der Waals surface area contributed by atoms with E-state index in [1.54, 1.807) is 18.2 Å². The minimum absolute atomic E-state index is 0.257. The molecule has 0 bridgehead atoms. The van der Waals surface area contributed by atoms with Crippen molar-refractivity contribution in [3.8, 4) is 22.5 Å². The number of carbonyl (C=O) groups is 2. The Balaban J connectivity index is 1.38. The Labute approximate surface area is 280 Å². The molecule has 0 saturated carbocycles. The third kappa shape index (κ3) is 6.66. The van der Waals surface area contributed by atoms with Crippen LogP contribution in [0.3, 0.4) is 0 Å². The minimum atomic E-state index is -3.05. The number of hydrogen-bond donors (Lipinski definition) is 3. The summed E-state index contributed by atoms with van der Waals surface area (Å²) in [5.74, 6) is -3.99. The molecule has 0 unspecified atom stereocenters. The molecule has 2 aromatic heterocycles. The van der Waals surface area contributed by atoms with Crippen molar-refractivity contribution in [1.82, 2.24) is 40.1 Å². The molecule has 2 amide bonds. The Bertz CT molecular complexity index is 1870. The van der Waals surface area contributed by atoms with Gasteiger partial charge in [-0.2, -0.15) is 19.0 Å². The van der Waals surface area contributed by atoms with Gasteiger partial charge in [0.25, 0.3) is 11.8 Å². The summed E-state index contributed by atoms with van der Waals surface area (Å²) in [5.41, 5.74) is -1.99. The smallest absolute Gasteiger partial charge is 0.410 e. The van der Waals surface area contributed by atoms with Crippen LogP contribution < -0.4 is 5.32 Å². The van der Waals surface area contributed by atoms with E-state index in [1.165, 1.54) is 50.6 Å². The summed E-state index contributed by atoms with van der Waals surface area (Å²) in [6, 6.07) is 9.52. The van der Waals surface area contributed by atoms with Crippen molar-refractivity contribution >= 4 is 29.6 Å². The van der Waals surface area contributed by atoms with Crippen LogP contribution in [0.5, 0.6) is 0 Å². The molecule has 18 heteroatoms. The molecule has 258 valence electrons. The molecule has 0 aliphatic carbocycles. The normalized spacial score (nSPS) is 19.6. The van der Waals surface area contributed by atoms with Crippen LogP contribution in [-0.4, -0.2) is 84.0 Å². The molecule has 12 nitrogen and oxygen atoms in total.